The van der Waals surface area contributed by atoms with Crippen molar-refractivity contribution in [1.82, 2.24) is 5.32 Å². The van der Waals surface area contributed by atoms with Crippen molar-refractivity contribution in [3.05, 3.63) is 89.9 Å². The fraction of sp³-hybridized carbons (Fsp3) is 0.136. The molecule has 0 aliphatic rings. The van der Waals surface area contributed by atoms with E-state index < -0.39 is 0 Å². The highest BCUT2D eigenvalue weighted by Crippen LogP contribution is 2.26. The van der Waals surface area contributed by atoms with Crippen molar-refractivity contribution in [2.75, 3.05) is 7.11 Å². The Morgan fingerprint density at radius 3 is 2.46 bits per heavy atom. The Kier molecular flexibility index (Phi) is 5.54. The number of furan rings is 1. The van der Waals surface area contributed by atoms with Gasteiger partial charge in [-0.25, -0.2) is 0 Å². The van der Waals surface area contributed by atoms with Crippen LogP contribution >= 0.6 is 0 Å². The first-order valence-electron chi connectivity index (χ1n) is 8.43. The van der Waals surface area contributed by atoms with Gasteiger partial charge in [-0.15, -0.1) is 0 Å². The summed E-state index contributed by atoms with van der Waals surface area (Å²) < 4.78 is 10.8. The number of nitrogens with one attached hydrogen (secondary N) is 1. The summed E-state index contributed by atoms with van der Waals surface area (Å²) in [6.07, 6.45) is 3.34. The molecule has 1 aromatic heterocycles. The van der Waals surface area contributed by atoms with Gasteiger partial charge in [-0.05, 0) is 36.8 Å². The van der Waals surface area contributed by atoms with E-state index in [0.717, 1.165) is 16.9 Å². The lowest BCUT2D eigenvalue weighted by molar-refractivity contribution is -0.116. The number of hydrogen-bond donors (Lipinski definition) is 1. The van der Waals surface area contributed by atoms with Crippen molar-refractivity contribution in [2.45, 2.75) is 13.0 Å². The molecule has 1 heterocycles. The Hall–Kier alpha value is -3.27. The zero-order valence-electron chi connectivity index (χ0n) is 14.8. The number of amides is 1. The molecule has 4 heteroatoms. The first kappa shape index (κ1) is 17.5. The summed E-state index contributed by atoms with van der Waals surface area (Å²) in [5, 5.41) is 3.05. The topological polar surface area (TPSA) is 51.5 Å². The Morgan fingerprint density at radius 2 is 1.77 bits per heavy atom. The van der Waals surface area contributed by atoms with Crippen molar-refractivity contribution in [1.29, 1.82) is 0 Å². The minimum absolute atomic E-state index is 0.175. The second kappa shape index (κ2) is 8.21. The van der Waals surface area contributed by atoms with Gasteiger partial charge in [0.2, 0.25) is 0 Å². The Balaban J connectivity index is 1.89. The quantitative estimate of drug-likeness (QED) is 0.657. The van der Waals surface area contributed by atoms with Gasteiger partial charge in [-0.1, -0.05) is 48.5 Å². The van der Waals surface area contributed by atoms with E-state index in [0.29, 0.717) is 11.3 Å². The molecular formula is C22H21NO3. The van der Waals surface area contributed by atoms with Gasteiger partial charge >= 0.3 is 0 Å². The average Bonchev–Trinajstić information content (AvgIpc) is 3.20. The fourth-order valence-electron chi connectivity index (χ4n) is 2.79. The van der Waals surface area contributed by atoms with Crippen molar-refractivity contribution < 1.29 is 13.9 Å². The SMILES string of the molecule is COc1ccccc1[C@@H](C)NC(=O)/C(=C/c1ccco1)c1ccccc1. The van der Waals surface area contributed by atoms with Gasteiger partial charge in [-0.3, -0.25) is 4.79 Å². The number of carbonyl (C=O) groups is 1. The highest BCUT2D eigenvalue weighted by atomic mass is 16.5. The molecule has 0 radical (unpaired) electrons. The van der Waals surface area contributed by atoms with E-state index in [4.69, 9.17) is 9.15 Å². The van der Waals surface area contributed by atoms with Crippen LogP contribution in [0.15, 0.2) is 77.4 Å². The van der Waals surface area contributed by atoms with Gasteiger partial charge in [0.25, 0.3) is 5.91 Å². The first-order valence-corrected chi connectivity index (χ1v) is 8.43. The van der Waals surface area contributed by atoms with Crippen LogP contribution in [0.25, 0.3) is 11.6 Å². The molecule has 0 bridgehead atoms. The number of rotatable bonds is 6. The summed E-state index contributed by atoms with van der Waals surface area (Å²) >= 11 is 0. The lowest BCUT2D eigenvalue weighted by Gasteiger charge is -2.18. The van der Waals surface area contributed by atoms with E-state index in [9.17, 15) is 4.79 Å². The predicted octanol–water partition coefficient (Wildman–Crippen LogP) is 4.71. The molecule has 0 saturated carbocycles. The number of methoxy groups -OCH3 is 1. The Morgan fingerprint density at radius 1 is 1.04 bits per heavy atom. The molecule has 4 nitrogen and oxygen atoms in total. The molecule has 0 spiro atoms. The molecule has 3 aromatic rings. The third-order valence-electron chi connectivity index (χ3n) is 4.11. The van der Waals surface area contributed by atoms with Gasteiger partial charge in [0.05, 0.1) is 25.0 Å². The third kappa shape index (κ3) is 4.03. The highest BCUT2D eigenvalue weighted by molar-refractivity contribution is 6.24. The maximum Gasteiger partial charge on any atom is 0.252 e. The van der Waals surface area contributed by atoms with Gasteiger partial charge in [-0.2, -0.15) is 0 Å². The van der Waals surface area contributed by atoms with Crippen LogP contribution in [0.3, 0.4) is 0 Å². The highest BCUT2D eigenvalue weighted by Gasteiger charge is 2.18. The molecule has 1 atom stereocenters. The Bertz CT molecular complexity index is 883. The average molecular weight is 347 g/mol. The predicted molar refractivity (Wildman–Crippen MR) is 103 cm³/mol. The normalized spacial score (nSPS) is 12.5. The minimum atomic E-state index is -0.206. The second-order valence-corrected chi connectivity index (χ2v) is 5.88. The molecule has 0 aliphatic carbocycles. The molecule has 0 saturated heterocycles. The third-order valence-corrected chi connectivity index (χ3v) is 4.11. The van der Waals surface area contributed by atoms with Crippen LogP contribution in [0.2, 0.25) is 0 Å². The number of para-hydroxylation sites is 1. The standard InChI is InChI=1S/C22H21NO3/c1-16(19-12-6-7-13-21(19)25-2)23-22(24)20(15-18-11-8-14-26-18)17-9-4-3-5-10-17/h3-16H,1-2H3,(H,23,24)/b20-15+/t16-/m1/s1. The van der Waals surface area contributed by atoms with Gasteiger partial charge in [0.1, 0.15) is 11.5 Å². The van der Waals surface area contributed by atoms with Crippen LogP contribution in [-0.4, -0.2) is 13.0 Å². The van der Waals surface area contributed by atoms with Crippen molar-refractivity contribution in [2.24, 2.45) is 0 Å². The number of benzene rings is 2. The summed E-state index contributed by atoms with van der Waals surface area (Å²) in [5.74, 6) is 1.20. The summed E-state index contributed by atoms with van der Waals surface area (Å²) in [4.78, 5) is 13.0. The summed E-state index contributed by atoms with van der Waals surface area (Å²) in [6, 6.07) is 20.6. The van der Waals surface area contributed by atoms with Crippen molar-refractivity contribution in [3.63, 3.8) is 0 Å². The van der Waals surface area contributed by atoms with E-state index in [1.54, 1.807) is 25.5 Å². The molecule has 0 unspecified atom stereocenters. The van der Waals surface area contributed by atoms with E-state index in [1.165, 1.54) is 0 Å². The number of carbonyl (C=O) groups excluding carboxylic acids is 1. The summed E-state index contributed by atoms with van der Waals surface area (Å²) in [5.41, 5.74) is 2.30. The van der Waals surface area contributed by atoms with Crippen LogP contribution in [0.5, 0.6) is 5.75 Å². The number of ether oxygens (including phenoxy) is 1. The first-order chi connectivity index (χ1) is 12.7. The molecular weight excluding hydrogens is 326 g/mol. The molecule has 2 aromatic carbocycles. The van der Waals surface area contributed by atoms with Crippen LogP contribution in [0.4, 0.5) is 0 Å². The van der Waals surface area contributed by atoms with Crippen LogP contribution < -0.4 is 10.1 Å². The maximum absolute atomic E-state index is 13.0. The molecule has 1 N–H and O–H groups in total. The van der Waals surface area contributed by atoms with Crippen LogP contribution in [-0.2, 0) is 4.79 Å². The fourth-order valence-corrected chi connectivity index (χ4v) is 2.79. The minimum Gasteiger partial charge on any atom is -0.496 e. The van der Waals surface area contributed by atoms with Crippen molar-refractivity contribution >= 4 is 17.6 Å². The Labute approximate surface area is 153 Å². The maximum atomic E-state index is 13.0. The van der Waals surface area contributed by atoms with E-state index in [1.807, 2.05) is 67.6 Å². The van der Waals surface area contributed by atoms with Gasteiger partial charge < -0.3 is 14.5 Å². The monoisotopic (exact) mass is 347 g/mol. The second-order valence-electron chi connectivity index (χ2n) is 5.88. The molecule has 0 fully saturated rings. The zero-order chi connectivity index (χ0) is 18.4. The van der Waals surface area contributed by atoms with Crippen molar-refractivity contribution in [3.8, 4) is 5.75 Å². The summed E-state index contributed by atoms with van der Waals surface area (Å²) in [6.45, 7) is 1.94. The molecule has 132 valence electrons. The zero-order valence-corrected chi connectivity index (χ0v) is 14.8. The molecule has 26 heavy (non-hydrogen) atoms. The molecule has 3 rings (SSSR count). The van der Waals surface area contributed by atoms with Gasteiger partial charge in [0, 0.05) is 5.56 Å². The van der Waals surface area contributed by atoms with Gasteiger partial charge in [0.15, 0.2) is 0 Å². The van der Waals surface area contributed by atoms with Crippen LogP contribution in [0, 0.1) is 0 Å². The molecule has 1 amide bonds. The van der Waals surface area contributed by atoms with E-state index in [2.05, 4.69) is 5.32 Å². The van der Waals surface area contributed by atoms with E-state index >= 15 is 0 Å². The lowest BCUT2D eigenvalue weighted by atomic mass is 10.0. The summed E-state index contributed by atoms with van der Waals surface area (Å²) in [7, 11) is 1.62. The smallest absolute Gasteiger partial charge is 0.252 e. The largest absolute Gasteiger partial charge is 0.496 e. The van der Waals surface area contributed by atoms with E-state index in [-0.39, 0.29) is 11.9 Å². The van der Waals surface area contributed by atoms with Crippen LogP contribution in [0.1, 0.15) is 29.9 Å². The number of hydrogen-bond acceptors (Lipinski definition) is 3. The molecule has 0 aliphatic heterocycles. The lowest BCUT2D eigenvalue weighted by Crippen LogP contribution is -2.27.